The van der Waals surface area contributed by atoms with Crippen molar-refractivity contribution < 1.29 is 14.3 Å². The Morgan fingerprint density at radius 3 is 2.23 bits per heavy atom. The van der Waals surface area contributed by atoms with Gasteiger partial charge in [-0.2, -0.15) is 0 Å². The second-order valence-electron chi connectivity index (χ2n) is 7.41. The number of amides is 1. The molecule has 0 spiro atoms. The number of rotatable bonds is 1. The minimum Gasteiger partial charge on any atom is -0.455 e. The van der Waals surface area contributed by atoms with Crippen LogP contribution in [0.15, 0.2) is 0 Å². The molecular weight excluding hydrogens is 280 g/mol. The summed E-state index contributed by atoms with van der Waals surface area (Å²) in [6, 6.07) is 0. The lowest BCUT2D eigenvalue weighted by atomic mass is 9.85. The highest BCUT2D eigenvalue weighted by Gasteiger charge is 2.69. The third-order valence-electron chi connectivity index (χ3n) is 4.48. The predicted molar refractivity (Wildman–Crippen MR) is 84.8 cm³/mol. The second-order valence-corrected chi connectivity index (χ2v) is 7.41. The van der Waals surface area contributed by atoms with Crippen LogP contribution in [0.4, 0.5) is 0 Å². The van der Waals surface area contributed by atoms with Gasteiger partial charge in [0.15, 0.2) is 0 Å². The van der Waals surface area contributed by atoms with Crippen LogP contribution in [0, 0.1) is 0 Å². The van der Waals surface area contributed by atoms with Gasteiger partial charge in [0.2, 0.25) is 0 Å². The Hall–Kier alpha value is -0.940. The lowest BCUT2D eigenvalue weighted by Crippen LogP contribution is -2.67. The zero-order chi connectivity index (χ0) is 16.2. The van der Waals surface area contributed by atoms with Gasteiger partial charge in [-0.05, 0) is 33.6 Å². The van der Waals surface area contributed by atoms with E-state index in [1.807, 2.05) is 20.8 Å². The molecule has 0 aliphatic carbocycles. The van der Waals surface area contributed by atoms with E-state index in [1.54, 1.807) is 4.90 Å². The van der Waals surface area contributed by atoms with Crippen LogP contribution >= 0.6 is 0 Å². The molecule has 0 N–H and O–H groups in total. The Morgan fingerprint density at radius 1 is 1.14 bits per heavy atom. The van der Waals surface area contributed by atoms with Crippen molar-refractivity contribution in [3.05, 3.63) is 0 Å². The van der Waals surface area contributed by atoms with Crippen LogP contribution in [-0.2, 0) is 14.3 Å². The highest BCUT2D eigenvalue weighted by molar-refractivity contribution is 5.96. The van der Waals surface area contributed by atoms with Crippen LogP contribution < -0.4 is 10.2 Å². The lowest BCUT2D eigenvalue weighted by Gasteiger charge is -2.35. The zero-order valence-electron chi connectivity index (χ0n) is 14.2. The van der Waals surface area contributed by atoms with Gasteiger partial charge in [-0.15, -0.1) is 0 Å². The summed E-state index contributed by atoms with van der Waals surface area (Å²) in [7, 11) is 0. The first-order valence-electron chi connectivity index (χ1n) is 8.52. The first kappa shape index (κ1) is 17.4. The van der Waals surface area contributed by atoms with E-state index < -0.39 is 11.1 Å². The molecule has 0 aromatic carbocycles. The minimum absolute atomic E-state index is 0.0899. The fraction of sp³-hybridized carbons (Fsp3) is 0.882. The molecule has 3 aliphatic heterocycles. The van der Waals surface area contributed by atoms with Crippen molar-refractivity contribution in [1.82, 2.24) is 10.2 Å². The normalized spacial score (nSPS) is 28.8. The SMILES string of the molecule is C1CCC[N]CC1.CC(C)(C)OC(=O)C12CCC(=O)[N+]1CC2. The molecule has 0 aromatic rings. The zero-order valence-corrected chi connectivity index (χ0v) is 14.2. The number of ether oxygens (including phenoxy) is 1. The van der Waals surface area contributed by atoms with Gasteiger partial charge in [-0.1, -0.05) is 17.7 Å². The minimum atomic E-state index is -0.607. The molecule has 2 radical (unpaired) electrons. The Bertz CT molecular complexity index is 397. The summed E-state index contributed by atoms with van der Waals surface area (Å²) >= 11 is 0. The van der Waals surface area contributed by atoms with E-state index in [4.69, 9.17) is 4.74 Å². The smallest absolute Gasteiger partial charge is 0.374 e. The maximum Gasteiger partial charge on any atom is 0.374 e. The first-order chi connectivity index (χ1) is 10.4. The molecule has 3 heterocycles. The summed E-state index contributed by atoms with van der Waals surface area (Å²) in [6.45, 7) is 8.50. The summed E-state index contributed by atoms with van der Waals surface area (Å²) in [4.78, 5) is 25.1. The molecule has 5 nitrogen and oxygen atoms in total. The topological polar surface area (TPSA) is 63.4 Å². The Labute approximate surface area is 133 Å². The van der Waals surface area contributed by atoms with E-state index in [9.17, 15) is 9.59 Å². The van der Waals surface area contributed by atoms with E-state index in [-0.39, 0.29) is 11.9 Å². The van der Waals surface area contributed by atoms with E-state index >= 15 is 0 Å². The van der Waals surface area contributed by atoms with Gasteiger partial charge in [0.05, 0.1) is 12.8 Å². The molecule has 1 atom stereocenters. The van der Waals surface area contributed by atoms with Crippen molar-refractivity contribution in [1.29, 1.82) is 0 Å². The fourth-order valence-electron chi connectivity index (χ4n) is 3.17. The predicted octanol–water partition coefficient (Wildman–Crippen LogP) is 2.10. The third kappa shape index (κ3) is 4.07. The van der Waals surface area contributed by atoms with Gasteiger partial charge in [0.25, 0.3) is 5.54 Å². The highest BCUT2D eigenvalue weighted by Crippen LogP contribution is 2.40. The van der Waals surface area contributed by atoms with Crippen LogP contribution in [-0.4, -0.2) is 42.7 Å². The number of hydrogen-bond donors (Lipinski definition) is 0. The van der Waals surface area contributed by atoms with Crippen molar-refractivity contribution in [2.24, 2.45) is 0 Å². The molecule has 0 bridgehead atoms. The van der Waals surface area contributed by atoms with Crippen molar-refractivity contribution in [3.8, 4) is 0 Å². The molecule has 1 amide bonds. The van der Waals surface area contributed by atoms with Crippen LogP contribution in [0.25, 0.3) is 0 Å². The summed E-state index contributed by atoms with van der Waals surface area (Å²) < 4.78 is 5.36. The molecule has 1 unspecified atom stereocenters. The van der Waals surface area contributed by atoms with E-state index in [2.05, 4.69) is 5.32 Å². The Kier molecular flexibility index (Phi) is 5.61. The number of esters is 1. The number of carbonyl (C=O) groups is 2. The van der Waals surface area contributed by atoms with Gasteiger partial charge in [-0.25, -0.2) is 14.9 Å². The monoisotopic (exact) mass is 309 g/mol. The van der Waals surface area contributed by atoms with E-state index in [0.29, 0.717) is 19.4 Å². The highest BCUT2D eigenvalue weighted by atomic mass is 16.6. The summed E-state index contributed by atoms with van der Waals surface area (Å²) in [5.41, 5.74) is -1.08. The average Bonchev–Trinajstić information content (AvgIpc) is 2.63. The van der Waals surface area contributed by atoms with Crippen LogP contribution in [0.3, 0.4) is 0 Å². The van der Waals surface area contributed by atoms with Crippen molar-refractivity contribution >= 4 is 11.9 Å². The molecule has 3 saturated heterocycles. The largest absolute Gasteiger partial charge is 0.455 e. The summed E-state index contributed by atoms with van der Waals surface area (Å²) in [5, 5.41) is 4.27. The van der Waals surface area contributed by atoms with E-state index in [1.165, 1.54) is 25.7 Å². The molecule has 124 valence electrons. The average molecular weight is 309 g/mol. The number of nitrogens with zero attached hydrogens (tertiary/aromatic N) is 2. The van der Waals surface area contributed by atoms with Crippen molar-refractivity contribution in [2.75, 3.05) is 19.6 Å². The molecule has 5 heteroatoms. The van der Waals surface area contributed by atoms with Gasteiger partial charge in [0, 0.05) is 19.5 Å². The Morgan fingerprint density at radius 2 is 1.77 bits per heavy atom. The fourth-order valence-corrected chi connectivity index (χ4v) is 3.17. The number of hydrogen-bond acceptors (Lipinski definition) is 3. The molecule has 0 aromatic heterocycles. The van der Waals surface area contributed by atoms with Gasteiger partial charge >= 0.3 is 11.9 Å². The molecule has 0 saturated carbocycles. The summed E-state index contributed by atoms with van der Waals surface area (Å²) in [6.07, 6.45) is 7.35. The molecule has 3 rings (SSSR count). The van der Waals surface area contributed by atoms with E-state index in [0.717, 1.165) is 19.5 Å². The van der Waals surface area contributed by atoms with Gasteiger partial charge in [-0.3, -0.25) is 0 Å². The first-order valence-corrected chi connectivity index (χ1v) is 8.52. The molecule has 22 heavy (non-hydrogen) atoms. The standard InChI is InChI=1S/C11H17NO3.C6H12N/c1-10(2,3)15-9(14)11-5-4-8(13)12(11)7-6-11;1-2-4-6-7-5-3-1/h4-7H2,1-3H3;1-6H2/q+1;. The second kappa shape index (κ2) is 7.09. The van der Waals surface area contributed by atoms with Crippen LogP contribution in [0.5, 0.6) is 0 Å². The molecule has 3 aliphatic rings. The molecular formula is C17H29N2O3+. The lowest BCUT2D eigenvalue weighted by molar-refractivity contribution is -0.171. The van der Waals surface area contributed by atoms with Gasteiger partial charge in [0.1, 0.15) is 12.1 Å². The maximum atomic E-state index is 12.0. The van der Waals surface area contributed by atoms with Crippen LogP contribution in [0.2, 0.25) is 0 Å². The summed E-state index contributed by atoms with van der Waals surface area (Å²) in [5.74, 6) is -0.140. The Balaban J connectivity index is 0.000000211. The number of carbonyl (C=O) groups excluding carboxylic acids is 2. The third-order valence-corrected chi connectivity index (χ3v) is 4.48. The maximum absolute atomic E-state index is 12.0. The van der Waals surface area contributed by atoms with Crippen molar-refractivity contribution in [3.63, 3.8) is 0 Å². The van der Waals surface area contributed by atoms with Crippen molar-refractivity contribution in [2.45, 2.75) is 76.9 Å². The van der Waals surface area contributed by atoms with Gasteiger partial charge < -0.3 is 4.74 Å². The number of fused-ring (bicyclic) bond motifs is 1. The molecule has 3 fully saturated rings. The quantitative estimate of drug-likeness (QED) is 0.550. The van der Waals surface area contributed by atoms with Crippen LogP contribution in [0.1, 0.15) is 65.7 Å².